The SMILES string of the molecule is COc1ccc(OCCNC(C)C)c(C(C)(C)C)c1. The van der Waals surface area contributed by atoms with Gasteiger partial charge in [0.1, 0.15) is 18.1 Å². The minimum atomic E-state index is 0.0371. The van der Waals surface area contributed by atoms with Crippen molar-refractivity contribution in [2.24, 2.45) is 0 Å². The van der Waals surface area contributed by atoms with Crippen molar-refractivity contribution in [1.82, 2.24) is 5.32 Å². The third-order valence-corrected chi connectivity index (χ3v) is 2.91. The predicted molar refractivity (Wildman–Crippen MR) is 80.3 cm³/mol. The van der Waals surface area contributed by atoms with Gasteiger partial charge in [-0.25, -0.2) is 0 Å². The van der Waals surface area contributed by atoms with Crippen LogP contribution in [0.2, 0.25) is 0 Å². The Morgan fingerprint density at radius 1 is 1.21 bits per heavy atom. The molecule has 0 amide bonds. The van der Waals surface area contributed by atoms with E-state index in [0.29, 0.717) is 12.6 Å². The van der Waals surface area contributed by atoms with Crippen molar-refractivity contribution in [1.29, 1.82) is 0 Å². The van der Waals surface area contributed by atoms with E-state index in [-0.39, 0.29) is 5.41 Å². The second-order valence-corrected chi connectivity index (χ2v) is 6.07. The molecule has 0 bridgehead atoms. The predicted octanol–water partition coefficient (Wildman–Crippen LogP) is 3.37. The fraction of sp³-hybridized carbons (Fsp3) is 0.625. The van der Waals surface area contributed by atoms with Crippen LogP contribution in [0.3, 0.4) is 0 Å². The summed E-state index contributed by atoms with van der Waals surface area (Å²) in [5.41, 5.74) is 1.21. The maximum absolute atomic E-state index is 5.90. The fourth-order valence-electron chi connectivity index (χ4n) is 1.86. The van der Waals surface area contributed by atoms with Gasteiger partial charge >= 0.3 is 0 Å². The highest BCUT2D eigenvalue weighted by Crippen LogP contribution is 2.34. The lowest BCUT2D eigenvalue weighted by Crippen LogP contribution is -2.28. The van der Waals surface area contributed by atoms with Gasteiger partial charge in [0.05, 0.1) is 7.11 Å². The lowest BCUT2D eigenvalue weighted by molar-refractivity contribution is 0.300. The molecule has 1 aromatic rings. The van der Waals surface area contributed by atoms with Gasteiger partial charge in [0, 0.05) is 18.2 Å². The highest BCUT2D eigenvalue weighted by atomic mass is 16.5. The molecule has 0 fully saturated rings. The van der Waals surface area contributed by atoms with E-state index in [1.165, 1.54) is 5.56 Å². The van der Waals surface area contributed by atoms with E-state index in [0.717, 1.165) is 18.0 Å². The quantitative estimate of drug-likeness (QED) is 0.800. The first-order valence-electron chi connectivity index (χ1n) is 6.89. The summed E-state index contributed by atoms with van der Waals surface area (Å²) in [6.45, 7) is 12.3. The normalized spacial score (nSPS) is 11.7. The molecule has 0 unspecified atom stereocenters. The van der Waals surface area contributed by atoms with Gasteiger partial charge in [0.15, 0.2) is 0 Å². The Labute approximate surface area is 117 Å². The summed E-state index contributed by atoms with van der Waals surface area (Å²) < 4.78 is 11.2. The highest BCUT2D eigenvalue weighted by molar-refractivity contribution is 5.44. The van der Waals surface area contributed by atoms with Gasteiger partial charge in [0.25, 0.3) is 0 Å². The summed E-state index contributed by atoms with van der Waals surface area (Å²) in [6, 6.07) is 6.49. The van der Waals surface area contributed by atoms with Gasteiger partial charge in [-0.05, 0) is 23.6 Å². The zero-order chi connectivity index (χ0) is 14.5. The third-order valence-electron chi connectivity index (χ3n) is 2.91. The average Bonchev–Trinajstić information content (AvgIpc) is 2.33. The van der Waals surface area contributed by atoms with E-state index in [1.807, 2.05) is 12.1 Å². The largest absolute Gasteiger partial charge is 0.497 e. The number of rotatable bonds is 6. The van der Waals surface area contributed by atoms with Crippen LogP contribution in [0.4, 0.5) is 0 Å². The summed E-state index contributed by atoms with van der Waals surface area (Å²) >= 11 is 0. The van der Waals surface area contributed by atoms with Crippen molar-refractivity contribution in [3.63, 3.8) is 0 Å². The Balaban J connectivity index is 2.76. The van der Waals surface area contributed by atoms with Crippen LogP contribution in [0.15, 0.2) is 18.2 Å². The molecule has 0 heterocycles. The van der Waals surface area contributed by atoms with Crippen molar-refractivity contribution in [2.75, 3.05) is 20.3 Å². The molecule has 19 heavy (non-hydrogen) atoms. The number of nitrogens with one attached hydrogen (secondary N) is 1. The zero-order valence-corrected chi connectivity index (χ0v) is 13.0. The second-order valence-electron chi connectivity index (χ2n) is 6.07. The Morgan fingerprint density at radius 3 is 2.42 bits per heavy atom. The van der Waals surface area contributed by atoms with E-state index < -0.39 is 0 Å². The van der Waals surface area contributed by atoms with E-state index in [4.69, 9.17) is 9.47 Å². The van der Waals surface area contributed by atoms with Gasteiger partial charge in [-0.2, -0.15) is 0 Å². The molecule has 0 radical (unpaired) electrons. The van der Waals surface area contributed by atoms with Crippen LogP contribution in [0.5, 0.6) is 11.5 Å². The van der Waals surface area contributed by atoms with Crippen LogP contribution in [-0.4, -0.2) is 26.3 Å². The first-order chi connectivity index (χ1) is 8.84. The van der Waals surface area contributed by atoms with Gasteiger partial charge in [0.2, 0.25) is 0 Å². The van der Waals surface area contributed by atoms with Crippen molar-refractivity contribution < 1.29 is 9.47 Å². The van der Waals surface area contributed by atoms with Crippen LogP contribution < -0.4 is 14.8 Å². The van der Waals surface area contributed by atoms with E-state index in [2.05, 4.69) is 46.0 Å². The van der Waals surface area contributed by atoms with E-state index in [9.17, 15) is 0 Å². The highest BCUT2D eigenvalue weighted by Gasteiger charge is 2.19. The maximum atomic E-state index is 5.90. The summed E-state index contributed by atoms with van der Waals surface area (Å²) in [7, 11) is 1.69. The third kappa shape index (κ3) is 5.11. The minimum absolute atomic E-state index is 0.0371. The molecule has 3 nitrogen and oxygen atoms in total. The van der Waals surface area contributed by atoms with Crippen molar-refractivity contribution in [3.8, 4) is 11.5 Å². The van der Waals surface area contributed by atoms with Crippen LogP contribution in [0, 0.1) is 0 Å². The fourth-order valence-corrected chi connectivity index (χ4v) is 1.86. The lowest BCUT2D eigenvalue weighted by atomic mass is 9.86. The van der Waals surface area contributed by atoms with E-state index in [1.54, 1.807) is 7.11 Å². The second kappa shape index (κ2) is 6.80. The van der Waals surface area contributed by atoms with Crippen LogP contribution in [-0.2, 0) is 5.41 Å². The minimum Gasteiger partial charge on any atom is -0.497 e. The van der Waals surface area contributed by atoms with Crippen LogP contribution >= 0.6 is 0 Å². The van der Waals surface area contributed by atoms with Gasteiger partial charge in [-0.1, -0.05) is 34.6 Å². The Morgan fingerprint density at radius 2 is 1.89 bits per heavy atom. The smallest absolute Gasteiger partial charge is 0.123 e. The number of hydrogen-bond donors (Lipinski definition) is 1. The summed E-state index contributed by atoms with van der Waals surface area (Å²) in [4.78, 5) is 0. The number of benzene rings is 1. The molecule has 0 saturated heterocycles. The van der Waals surface area contributed by atoms with Crippen LogP contribution in [0.25, 0.3) is 0 Å². The van der Waals surface area contributed by atoms with Gasteiger partial charge < -0.3 is 14.8 Å². The Kier molecular flexibility index (Phi) is 5.67. The first kappa shape index (κ1) is 15.8. The van der Waals surface area contributed by atoms with Crippen molar-refractivity contribution >= 4 is 0 Å². The molecule has 0 aliphatic rings. The molecule has 1 aromatic carbocycles. The molecule has 1 N–H and O–H groups in total. The molecule has 0 aliphatic carbocycles. The van der Waals surface area contributed by atoms with Crippen LogP contribution in [0.1, 0.15) is 40.2 Å². The molecule has 0 atom stereocenters. The van der Waals surface area contributed by atoms with E-state index >= 15 is 0 Å². The summed E-state index contributed by atoms with van der Waals surface area (Å²) in [6.07, 6.45) is 0. The average molecular weight is 265 g/mol. The monoisotopic (exact) mass is 265 g/mol. The van der Waals surface area contributed by atoms with Gasteiger partial charge in [-0.15, -0.1) is 0 Å². The van der Waals surface area contributed by atoms with Gasteiger partial charge in [-0.3, -0.25) is 0 Å². The molecule has 0 saturated carbocycles. The first-order valence-corrected chi connectivity index (χ1v) is 6.89. The number of hydrogen-bond acceptors (Lipinski definition) is 3. The Bertz CT molecular complexity index is 394. The zero-order valence-electron chi connectivity index (χ0n) is 13.0. The molecule has 0 aromatic heterocycles. The number of ether oxygens (including phenoxy) is 2. The van der Waals surface area contributed by atoms with Crippen molar-refractivity contribution in [2.45, 2.75) is 46.1 Å². The summed E-state index contributed by atoms with van der Waals surface area (Å²) in [5, 5.41) is 3.35. The molecular formula is C16H27NO2. The molecule has 3 heteroatoms. The lowest BCUT2D eigenvalue weighted by Gasteiger charge is -2.23. The summed E-state index contributed by atoms with van der Waals surface area (Å²) in [5.74, 6) is 1.82. The molecule has 0 spiro atoms. The Hall–Kier alpha value is -1.22. The molecule has 108 valence electrons. The molecular weight excluding hydrogens is 238 g/mol. The standard InChI is InChI=1S/C16H27NO2/c1-12(2)17-9-10-19-15-8-7-13(18-6)11-14(15)16(3,4)5/h7-8,11-12,17H,9-10H2,1-6H3. The number of methoxy groups -OCH3 is 1. The molecule has 0 aliphatic heterocycles. The maximum Gasteiger partial charge on any atom is 0.123 e. The topological polar surface area (TPSA) is 30.5 Å². The van der Waals surface area contributed by atoms with Crippen molar-refractivity contribution in [3.05, 3.63) is 23.8 Å². The molecule has 1 rings (SSSR count).